The summed E-state index contributed by atoms with van der Waals surface area (Å²) < 4.78 is 0. The van der Waals surface area contributed by atoms with Crippen molar-refractivity contribution in [2.24, 2.45) is 0 Å². The maximum atomic E-state index is 5.50. The Labute approximate surface area is 50.2 Å². The molecule has 0 aliphatic rings. The van der Waals surface area contributed by atoms with E-state index in [4.69, 9.17) is 11.6 Å². The van der Waals surface area contributed by atoms with Crippen molar-refractivity contribution in [1.29, 1.82) is 0 Å². The van der Waals surface area contributed by atoms with Gasteiger partial charge in [0.1, 0.15) is 0 Å². The second-order valence-corrected chi connectivity index (χ2v) is 1.70. The molecule has 0 aromatic carbocycles. The van der Waals surface area contributed by atoms with Crippen LogP contribution >= 0.6 is 11.6 Å². The molecule has 0 radical (unpaired) electrons. The average molecular weight is 119 g/mol. The van der Waals surface area contributed by atoms with Crippen LogP contribution in [0.15, 0.2) is 11.6 Å². The van der Waals surface area contributed by atoms with Gasteiger partial charge in [0.25, 0.3) is 0 Å². The van der Waals surface area contributed by atoms with Crippen molar-refractivity contribution in [3.05, 3.63) is 11.6 Å². The zero-order chi connectivity index (χ0) is 5.70. The third kappa shape index (κ3) is 2.69. The van der Waals surface area contributed by atoms with E-state index in [1.54, 1.807) is 0 Å². The van der Waals surface area contributed by atoms with Gasteiger partial charge in [0.05, 0.1) is 0 Å². The standard InChI is InChI=1S/C6H11Cl/c1-3-6(4-2)5-7/h3H,4-5H2,1-2H3/b6-3+. The van der Waals surface area contributed by atoms with E-state index in [1.807, 2.05) is 6.92 Å². The van der Waals surface area contributed by atoms with Crippen LogP contribution in [0, 0.1) is 0 Å². The van der Waals surface area contributed by atoms with E-state index in [2.05, 4.69) is 13.0 Å². The minimum absolute atomic E-state index is 0.688. The van der Waals surface area contributed by atoms with Crippen molar-refractivity contribution in [3.63, 3.8) is 0 Å². The Kier molecular flexibility index (Phi) is 4.21. The van der Waals surface area contributed by atoms with Crippen LogP contribution in [-0.4, -0.2) is 5.88 Å². The molecule has 0 bridgehead atoms. The maximum absolute atomic E-state index is 5.50. The molecule has 0 aliphatic heterocycles. The highest BCUT2D eigenvalue weighted by atomic mass is 35.5. The van der Waals surface area contributed by atoms with Gasteiger partial charge in [-0.05, 0) is 13.3 Å². The first-order chi connectivity index (χ1) is 3.35. The van der Waals surface area contributed by atoms with E-state index < -0.39 is 0 Å². The molecule has 0 rings (SSSR count). The summed E-state index contributed by atoms with van der Waals surface area (Å²) in [5.41, 5.74) is 1.32. The van der Waals surface area contributed by atoms with Crippen LogP contribution in [0.4, 0.5) is 0 Å². The lowest BCUT2D eigenvalue weighted by Crippen LogP contribution is -1.77. The van der Waals surface area contributed by atoms with Gasteiger partial charge in [0, 0.05) is 5.88 Å². The molecular formula is C6H11Cl. The number of allylic oxidation sites excluding steroid dienone is 2. The largest absolute Gasteiger partial charge is 0.122 e. The predicted octanol–water partition coefficient (Wildman–Crippen LogP) is 2.58. The summed E-state index contributed by atoms with van der Waals surface area (Å²) in [6.07, 6.45) is 3.15. The Morgan fingerprint density at radius 3 is 2.29 bits per heavy atom. The third-order valence-electron chi connectivity index (χ3n) is 1.03. The minimum atomic E-state index is 0.688. The summed E-state index contributed by atoms with van der Waals surface area (Å²) in [4.78, 5) is 0. The van der Waals surface area contributed by atoms with Crippen LogP contribution in [0.3, 0.4) is 0 Å². The van der Waals surface area contributed by atoms with Gasteiger partial charge in [-0.2, -0.15) is 0 Å². The zero-order valence-electron chi connectivity index (χ0n) is 4.87. The molecule has 0 aromatic heterocycles. The number of halogens is 1. The molecule has 0 fully saturated rings. The lowest BCUT2D eigenvalue weighted by molar-refractivity contribution is 1.10. The molecule has 42 valence electrons. The van der Waals surface area contributed by atoms with Crippen molar-refractivity contribution in [2.75, 3.05) is 5.88 Å². The lowest BCUT2D eigenvalue weighted by atomic mass is 10.2. The van der Waals surface area contributed by atoms with E-state index in [0.29, 0.717) is 5.88 Å². The molecule has 0 saturated heterocycles. The molecule has 0 spiro atoms. The summed E-state index contributed by atoms with van der Waals surface area (Å²) in [6.45, 7) is 4.12. The molecule has 0 N–H and O–H groups in total. The van der Waals surface area contributed by atoms with Crippen molar-refractivity contribution in [1.82, 2.24) is 0 Å². The van der Waals surface area contributed by atoms with Gasteiger partial charge in [-0.15, -0.1) is 11.6 Å². The number of rotatable bonds is 2. The molecule has 0 nitrogen and oxygen atoms in total. The quantitative estimate of drug-likeness (QED) is 0.386. The second-order valence-electron chi connectivity index (χ2n) is 1.43. The highest BCUT2D eigenvalue weighted by Gasteiger charge is 1.83. The van der Waals surface area contributed by atoms with E-state index >= 15 is 0 Å². The Morgan fingerprint density at radius 1 is 1.71 bits per heavy atom. The third-order valence-corrected chi connectivity index (χ3v) is 1.38. The maximum Gasteiger partial charge on any atom is 0.0433 e. The summed E-state index contributed by atoms with van der Waals surface area (Å²) in [5.74, 6) is 0.688. The monoisotopic (exact) mass is 118 g/mol. The number of alkyl halides is 1. The second kappa shape index (κ2) is 4.20. The summed E-state index contributed by atoms with van der Waals surface area (Å²) >= 11 is 5.50. The normalized spacial score (nSPS) is 12.1. The average Bonchev–Trinajstić information content (AvgIpc) is 1.72. The molecule has 0 aromatic rings. The van der Waals surface area contributed by atoms with Crippen LogP contribution in [0.25, 0.3) is 0 Å². The van der Waals surface area contributed by atoms with Crippen molar-refractivity contribution in [2.45, 2.75) is 20.3 Å². The van der Waals surface area contributed by atoms with Gasteiger partial charge in [-0.25, -0.2) is 0 Å². The smallest absolute Gasteiger partial charge is 0.0433 e. The van der Waals surface area contributed by atoms with Gasteiger partial charge >= 0.3 is 0 Å². The van der Waals surface area contributed by atoms with Crippen molar-refractivity contribution in [3.8, 4) is 0 Å². The molecule has 1 heteroatoms. The van der Waals surface area contributed by atoms with Gasteiger partial charge in [0.2, 0.25) is 0 Å². The Bertz CT molecular complexity index is 58.6. The lowest BCUT2D eigenvalue weighted by Gasteiger charge is -1.91. The van der Waals surface area contributed by atoms with Crippen LogP contribution in [0.1, 0.15) is 20.3 Å². The van der Waals surface area contributed by atoms with Gasteiger partial charge < -0.3 is 0 Å². The summed E-state index contributed by atoms with van der Waals surface area (Å²) in [7, 11) is 0. The van der Waals surface area contributed by atoms with Gasteiger partial charge in [-0.1, -0.05) is 18.6 Å². The minimum Gasteiger partial charge on any atom is -0.122 e. The predicted molar refractivity (Wildman–Crippen MR) is 34.8 cm³/mol. The van der Waals surface area contributed by atoms with E-state index in [-0.39, 0.29) is 0 Å². The first kappa shape index (κ1) is 7.03. The van der Waals surface area contributed by atoms with Crippen LogP contribution in [0.5, 0.6) is 0 Å². The van der Waals surface area contributed by atoms with Crippen molar-refractivity contribution >= 4 is 11.6 Å². The van der Waals surface area contributed by atoms with Crippen LogP contribution in [-0.2, 0) is 0 Å². The molecule has 0 heterocycles. The summed E-state index contributed by atoms with van der Waals surface area (Å²) in [6, 6.07) is 0. The molecule has 0 aliphatic carbocycles. The fourth-order valence-electron chi connectivity index (χ4n) is 0.376. The van der Waals surface area contributed by atoms with E-state index in [1.165, 1.54) is 5.57 Å². The SMILES string of the molecule is C/C=C(\CC)CCl. The summed E-state index contributed by atoms with van der Waals surface area (Å²) in [5, 5.41) is 0. The topological polar surface area (TPSA) is 0 Å². The Morgan fingerprint density at radius 2 is 2.29 bits per heavy atom. The number of hydrogen-bond donors (Lipinski definition) is 0. The molecule has 0 unspecified atom stereocenters. The number of hydrogen-bond acceptors (Lipinski definition) is 0. The fourth-order valence-corrected chi connectivity index (χ4v) is 0.719. The zero-order valence-corrected chi connectivity index (χ0v) is 5.63. The molecule has 0 saturated carbocycles. The van der Waals surface area contributed by atoms with Crippen LogP contribution in [0.2, 0.25) is 0 Å². The van der Waals surface area contributed by atoms with E-state index in [0.717, 1.165) is 6.42 Å². The Balaban J connectivity index is 3.38. The fraction of sp³-hybridized carbons (Fsp3) is 0.667. The first-order valence-electron chi connectivity index (χ1n) is 2.55. The van der Waals surface area contributed by atoms with Gasteiger partial charge in [0.15, 0.2) is 0 Å². The van der Waals surface area contributed by atoms with Crippen LogP contribution < -0.4 is 0 Å². The highest BCUT2D eigenvalue weighted by Crippen LogP contribution is 2.00. The first-order valence-corrected chi connectivity index (χ1v) is 3.08. The molecule has 7 heavy (non-hydrogen) atoms. The van der Waals surface area contributed by atoms with E-state index in [9.17, 15) is 0 Å². The van der Waals surface area contributed by atoms with Crippen molar-refractivity contribution < 1.29 is 0 Å². The molecular weight excluding hydrogens is 108 g/mol. The van der Waals surface area contributed by atoms with Gasteiger partial charge in [-0.3, -0.25) is 0 Å². The molecule has 0 amide bonds. The molecule has 0 atom stereocenters. The Hall–Kier alpha value is 0.0300. The highest BCUT2D eigenvalue weighted by molar-refractivity contribution is 6.19.